The molecule has 0 bridgehead atoms. The topological polar surface area (TPSA) is 52.4 Å². The summed E-state index contributed by atoms with van der Waals surface area (Å²) in [6.45, 7) is 9.41. The van der Waals surface area contributed by atoms with Crippen LogP contribution < -0.4 is 15.9 Å². The van der Waals surface area contributed by atoms with Gasteiger partial charge < -0.3 is 10.2 Å². The molecule has 0 aliphatic carbocycles. The lowest BCUT2D eigenvalue weighted by Gasteiger charge is -2.38. The quantitative estimate of drug-likeness (QED) is 0.304. The van der Waals surface area contributed by atoms with Gasteiger partial charge in [-0.2, -0.15) is 0 Å². The average molecular weight is 444 g/mol. The van der Waals surface area contributed by atoms with Gasteiger partial charge in [0, 0.05) is 13.6 Å². The van der Waals surface area contributed by atoms with Crippen molar-refractivity contribution >= 4 is 47.1 Å². The summed E-state index contributed by atoms with van der Waals surface area (Å²) < 4.78 is 0. The Labute approximate surface area is 186 Å². The summed E-state index contributed by atoms with van der Waals surface area (Å²) in [5, 5.41) is 5.63. The minimum atomic E-state index is -0.125. The van der Waals surface area contributed by atoms with Gasteiger partial charge in [-0.05, 0) is 61.4 Å². The molecular formula is C23H35N5P2. The lowest BCUT2D eigenvalue weighted by Crippen LogP contribution is -2.41. The van der Waals surface area contributed by atoms with Gasteiger partial charge in [0.2, 0.25) is 0 Å². The standard InChI is InChI=1S/C23H35N5P2/c1-5-9-22(27-17(3)23(25-13-6-2)26-16-24-4)28-14-8-7-10-20(28)19-15-18(29)11-12-21(19)30/h5-6,9,11-12,15-17,20H,2,7-8,10,13-14,29-30H2,1,3-4H3,(H,24,25,26)/b9-5-,27-22?/t17?,20-/m1/s1. The SMILES string of the molecule is C=CCN=C(NC=NC)C(C)N=C(/C=C\C)N1CCCC[C@@H]1c1cc(P)ccc1P. The van der Waals surface area contributed by atoms with Crippen LogP contribution in [-0.4, -0.2) is 49.1 Å². The van der Waals surface area contributed by atoms with Crippen LogP contribution in [0.4, 0.5) is 0 Å². The lowest BCUT2D eigenvalue weighted by atomic mass is 9.94. The molecule has 1 N–H and O–H groups in total. The minimum Gasteiger partial charge on any atom is -0.350 e. The molecule has 162 valence electrons. The summed E-state index contributed by atoms with van der Waals surface area (Å²) >= 11 is 0. The summed E-state index contributed by atoms with van der Waals surface area (Å²) in [5.74, 6) is 1.78. The van der Waals surface area contributed by atoms with Crippen LogP contribution in [0.5, 0.6) is 0 Å². The monoisotopic (exact) mass is 443 g/mol. The first-order valence-electron chi connectivity index (χ1n) is 10.5. The molecule has 1 aliphatic heterocycles. The van der Waals surface area contributed by atoms with E-state index >= 15 is 0 Å². The van der Waals surface area contributed by atoms with Gasteiger partial charge >= 0.3 is 0 Å². The number of allylic oxidation sites excluding steroid dienone is 1. The van der Waals surface area contributed by atoms with Gasteiger partial charge in [-0.25, -0.2) is 0 Å². The normalized spacial score (nSPS) is 19.5. The Hall–Kier alpha value is -1.83. The Morgan fingerprint density at radius 3 is 2.87 bits per heavy atom. The summed E-state index contributed by atoms with van der Waals surface area (Å²) in [7, 11) is 7.45. The highest BCUT2D eigenvalue weighted by atomic mass is 31.0. The maximum atomic E-state index is 5.08. The predicted octanol–water partition coefficient (Wildman–Crippen LogP) is 3.41. The van der Waals surface area contributed by atoms with Crippen molar-refractivity contribution in [2.24, 2.45) is 15.0 Å². The predicted molar refractivity (Wildman–Crippen MR) is 140 cm³/mol. The van der Waals surface area contributed by atoms with E-state index in [1.165, 1.54) is 29.0 Å². The van der Waals surface area contributed by atoms with Crippen LogP contribution in [0.25, 0.3) is 0 Å². The number of nitrogens with zero attached hydrogens (tertiary/aromatic N) is 4. The van der Waals surface area contributed by atoms with E-state index in [4.69, 9.17) is 4.99 Å². The molecule has 1 heterocycles. The average Bonchev–Trinajstić information content (AvgIpc) is 2.75. The largest absolute Gasteiger partial charge is 0.350 e. The molecule has 5 nitrogen and oxygen atoms in total. The Morgan fingerprint density at radius 2 is 2.17 bits per heavy atom. The van der Waals surface area contributed by atoms with E-state index in [1.54, 1.807) is 19.5 Å². The second kappa shape index (κ2) is 12.8. The van der Waals surface area contributed by atoms with Crippen molar-refractivity contribution in [3.05, 3.63) is 48.6 Å². The molecule has 1 aliphatic rings. The van der Waals surface area contributed by atoms with Crippen LogP contribution in [0.2, 0.25) is 0 Å². The summed E-state index contributed by atoms with van der Waals surface area (Å²) in [6.07, 6.45) is 11.1. The van der Waals surface area contributed by atoms with Crippen molar-refractivity contribution in [2.75, 3.05) is 20.1 Å². The van der Waals surface area contributed by atoms with Crippen molar-refractivity contribution < 1.29 is 0 Å². The number of benzene rings is 1. The summed E-state index contributed by atoms with van der Waals surface area (Å²) in [6, 6.07) is 6.78. The van der Waals surface area contributed by atoms with Gasteiger partial charge in [0.05, 0.1) is 18.9 Å². The third-order valence-corrected chi connectivity index (χ3v) is 5.92. The smallest absolute Gasteiger partial charge is 0.127 e. The summed E-state index contributed by atoms with van der Waals surface area (Å²) in [5.41, 5.74) is 1.36. The highest BCUT2D eigenvalue weighted by Crippen LogP contribution is 2.31. The fourth-order valence-electron chi connectivity index (χ4n) is 3.62. The van der Waals surface area contributed by atoms with Gasteiger partial charge in [-0.3, -0.25) is 15.0 Å². The molecule has 0 spiro atoms. The number of amidine groups is 2. The van der Waals surface area contributed by atoms with Crippen LogP contribution in [-0.2, 0) is 0 Å². The van der Waals surface area contributed by atoms with Crippen LogP contribution in [0.1, 0.15) is 44.7 Å². The molecule has 1 saturated heterocycles. The number of hydrogen-bond donors (Lipinski definition) is 1. The Bertz CT molecular complexity index is 829. The number of aliphatic imine (C=N–C) groups is 3. The Balaban J connectivity index is 2.41. The van der Waals surface area contributed by atoms with Gasteiger partial charge in [-0.15, -0.1) is 25.1 Å². The fourth-order valence-corrected chi connectivity index (χ4v) is 4.27. The zero-order valence-electron chi connectivity index (χ0n) is 18.4. The maximum absolute atomic E-state index is 5.08. The number of rotatable bonds is 7. The van der Waals surface area contributed by atoms with E-state index in [2.05, 4.69) is 82.5 Å². The molecule has 0 radical (unpaired) electrons. The van der Waals surface area contributed by atoms with Crippen molar-refractivity contribution in [3.8, 4) is 0 Å². The number of likely N-dealkylation sites (tertiary alicyclic amines) is 1. The highest BCUT2D eigenvalue weighted by molar-refractivity contribution is 7.28. The molecule has 1 aromatic rings. The minimum absolute atomic E-state index is 0.125. The van der Waals surface area contributed by atoms with E-state index in [0.29, 0.717) is 12.6 Å². The van der Waals surface area contributed by atoms with Crippen LogP contribution >= 0.6 is 18.5 Å². The number of nitrogens with one attached hydrogen (secondary N) is 1. The molecule has 0 amide bonds. The van der Waals surface area contributed by atoms with Crippen LogP contribution in [0.15, 0.2) is 58.0 Å². The molecule has 4 atom stereocenters. The zero-order valence-corrected chi connectivity index (χ0v) is 20.7. The first-order chi connectivity index (χ1) is 14.5. The van der Waals surface area contributed by atoms with Crippen LogP contribution in [0, 0.1) is 0 Å². The van der Waals surface area contributed by atoms with Gasteiger partial charge in [-0.1, -0.05) is 24.3 Å². The summed E-state index contributed by atoms with van der Waals surface area (Å²) in [4.78, 5) is 16.1. The first-order valence-corrected chi connectivity index (χ1v) is 11.6. The van der Waals surface area contributed by atoms with Crippen molar-refractivity contribution in [1.29, 1.82) is 0 Å². The Morgan fingerprint density at radius 1 is 1.37 bits per heavy atom. The van der Waals surface area contributed by atoms with E-state index in [0.717, 1.165) is 24.6 Å². The highest BCUT2D eigenvalue weighted by Gasteiger charge is 2.27. The Kier molecular flexibility index (Phi) is 10.4. The molecule has 1 aromatic carbocycles. The maximum Gasteiger partial charge on any atom is 0.127 e. The second-order valence-corrected chi connectivity index (χ2v) is 8.59. The van der Waals surface area contributed by atoms with E-state index < -0.39 is 0 Å². The third kappa shape index (κ3) is 6.86. The van der Waals surface area contributed by atoms with E-state index in [1.807, 2.05) is 6.92 Å². The third-order valence-electron chi connectivity index (χ3n) is 5.04. The molecule has 0 saturated carbocycles. The molecule has 3 unspecified atom stereocenters. The molecule has 2 rings (SSSR count). The van der Waals surface area contributed by atoms with Crippen molar-refractivity contribution in [1.82, 2.24) is 10.2 Å². The second-order valence-electron chi connectivity index (χ2n) is 7.30. The number of hydrogen-bond acceptors (Lipinski definition) is 3. The number of piperidine rings is 1. The fraction of sp³-hybridized carbons (Fsp3) is 0.435. The van der Waals surface area contributed by atoms with E-state index in [-0.39, 0.29) is 6.04 Å². The van der Waals surface area contributed by atoms with Gasteiger partial charge in [0.25, 0.3) is 0 Å². The van der Waals surface area contributed by atoms with Crippen molar-refractivity contribution in [3.63, 3.8) is 0 Å². The van der Waals surface area contributed by atoms with E-state index in [9.17, 15) is 0 Å². The molecule has 1 fully saturated rings. The molecule has 7 heteroatoms. The lowest BCUT2D eigenvalue weighted by molar-refractivity contribution is 0.246. The van der Waals surface area contributed by atoms with Crippen LogP contribution in [0.3, 0.4) is 0 Å². The van der Waals surface area contributed by atoms with Gasteiger partial charge in [0.15, 0.2) is 0 Å². The zero-order chi connectivity index (χ0) is 21.9. The molecule has 30 heavy (non-hydrogen) atoms. The molecular weight excluding hydrogens is 408 g/mol. The first kappa shape index (κ1) is 24.4. The van der Waals surface area contributed by atoms with Gasteiger partial charge in [0.1, 0.15) is 17.7 Å². The van der Waals surface area contributed by atoms with Crippen molar-refractivity contribution in [2.45, 2.75) is 45.2 Å². The molecule has 0 aromatic heterocycles.